The van der Waals surface area contributed by atoms with Gasteiger partial charge in [0.1, 0.15) is 23.8 Å². The van der Waals surface area contributed by atoms with E-state index in [1.807, 2.05) is 13.8 Å². The van der Waals surface area contributed by atoms with Crippen molar-refractivity contribution in [2.45, 2.75) is 84.0 Å². The molecular weight excluding hydrogens is 530 g/mol. The maximum atomic E-state index is 13.9. The first-order chi connectivity index (χ1) is 19.6. The molecule has 0 spiro atoms. The van der Waals surface area contributed by atoms with E-state index in [1.165, 1.54) is 6.07 Å². The summed E-state index contributed by atoms with van der Waals surface area (Å²) in [5.41, 5.74) is 1.50. The molecule has 7 nitrogen and oxygen atoms in total. The van der Waals surface area contributed by atoms with Crippen LogP contribution in [0.2, 0.25) is 0 Å². The number of aliphatic hydroxyl groups is 2. The van der Waals surface area contributed by atoms with Crippen molar-refractivity contribution in [2.75, 3.05) is 26.3 Å². The molecule has 0 heterocycles. The fourth-order valence-electron chi connectivity index (χ4n) is 5.47. The molecule has 2 amide bonds. The van der Waals surface area contributed by atoms with Crippen LogP contribution in [0.25, 0.3) is 0 Å². The molecule has 2 aromatic carbocycles. The number of ether oxygens (including phenoxy) is 1. The van der Waals surface area contributed by atoms with Gasteiger partial charge in [-0.15, -0.1) is 0 Å². The number of nitrogens with zero attached hydrogens (tertiary/aromatic N) is 1. The van der Waals surface area contributed by atoms with E-state index in [0.29, 0.717) is 36.7 Å². The van der Waals surface area contributed by atoms with Crippen molar-refractivity contribution in [2.24, 2.45) is 5.92 Å². The molecule has 1 aliphatic carbocycles. The highest BCUT2D eigenvalue weighted by Gasteiger charge is 2.30. The maximum absolute atomic E-state index is 13.9. The van der Waals surface area contributed by atoms with Gasteiger partial charge in [-0.05, 0) is 86.4 Å². The molecule has 3 atom stereocenters. The topological polar surface area (TPSA) is 99.1 Å². The lowest BCUT2D eigenvalue weighted by Crippen LogP contribution is -2.51. The molecule has 1 saturated carbocycles. The van der Waals surface area contributed by atoms with Crippen molar-refractivity contribution in [3.8, 4) is 0 Å². The molecule has 3 N–H and O–H groups in total. The van der Waals surface area contributed by atoms with Crippen LogP contribution >= 0.6 is 0 Å². The van der Waals surface area contributed by atoms with E-state index in [4.69, 9.17) is 4.74 Å². The number of hydrogen-bond donors (Lipinski definition) is 3. The zero-order valence-corrected chi connectivity index (χ0v) is 24.4. The van der Waals surface area contributed by atoms with Gasteiger partial charge >= 0.3 is 0 Å². The maximum Gasteiger partial charge on any atom is 0.253 e. The summed E-state index contributed by atoms with van der Waals surface area (Å²) in [5.74, 6) is -1.90. The highest BCUT2D eigenvalue weighted by atomic mass is 19.1. The first-order valence-electron chi connectivity index (χ1n) is 14.7. The Bertz CT molecular complexity index is 1130. The average Bonchev–Trinajstić information content (AvgIpc) is 3.44. The summed E-state index contributed by atoms with van der Waals surface area (Å²) in [5, 5.41) is 24.5. The van der Waals surface area contributed by atoms with Crippen LogP contribution in [0.5, 0.6) is 0 Å². The van der Waals surface area contributed by atoms with Crippen molar-refractivity contribution >= 4 is 11.8 Å². The molecule has 0 radical (unpaired) electrons. The van der Waals surface area contributed by atoms with Crippen LogP contribution < -0.4 is 5.32 Å². The van der Waals surface area contributed by atoms with Crippen LogP contribution in [0, 0.1) is 24.5 Å². The summed E-state index contributed by atoms with van der Waals surface area (Å²) in [7, 11) is 0. The summed E-state index contributed by atoms with van der Waals surface area (Å²) in [6.07, 6.45) is 3.08. The quantitative estimate of drug-likeness (QED) is 0.284. The number of hydrogen-bond acceptors (Lipinski definition) is 5. The van der Waals surface area contributed by atoms with E-state index in [1.54, 1.807) is 24.0 Å². The molecule has 0 saturated heterocycles. The van der Waals surface area contributed by atoms with Gasteiger partial charge in [0.15, 0.2) is 0 Å². The van der Waals surface area contributed by atoms with Gasteiger partial charge in [-0.2, -0.15) is 0 Å². The number of rotatable bonds is 15. The van der Waals surface area contributed by atoms with Crippen molar-refractivity contribution in [3.05, 3.63) is 70.3 Å². The van der Waals surface area contributed by atoms with Gasteiger partial charge in [0.05, 0.1) is 12.6 Å². The van der Waals surface area contributed by atoms with Gasteiger partial charge in [-0.3, -0.25) is 9.59 Å². The Labute approximate surface area is 241 Å². The summed E-state index contributed by atoms with van der Waals surface area (Å²) in [4.78, 5) is 28.4. The van der Waals surface area contributed by atoms with E-state index in [-0.39, 0.29) is 30.1 Å². The normalized spacial score (nSPS) is 15.9. The van der Waals surface area contributed by atoms with Gasteiger partial charge < -0.3 is 25.2 Å². The molecule has 1 unspecified atom stereocenters. The molecule has 0 aliphatic heterocycles. The highest BCUT2D eigenvalue weighted by Crippen LogP contribution is 2.25. The largest absolute Gasteiger partial charge is 0.388 e. The third-order valence-electron chi connectivity index (χ3n) is 7.48. The SMILES string of the molecule is CCCN(CCC)C(=O)c1cc(C)cc(C(=O)N[C@@H](Cc2cc(F)cc(F)c2)[C@@H](O)C(O)COCC2CCCC2)c1. The lowest BCUT2D eigenvalue weighted by Gasteiger charge is -2.28. The van der Waals surface area contributed by atoms with Gasteiger partial charge in [0.25, 0.3) is 11.8 Å². The van der Waals surface area contributed by atoms with Crippen LogP contribution in [-0.2, 0) is 11.2 Å². The van der Waals surface area contributed by atoms with Gasteiger partial charge in [0, 0.05) is 36.9 Å². The fraction of sp³-hybridized carbons (Fsp3) is 0.562. The minimum atomic E-state index is -1.48. The molecule has 0 aromatic heterocycles. The summed E-state index contributed by atoms with van der Waals surface area (Å²) >= 11 is 0. The number of nitrogens with one attached hydrogen (secondary N) is 1. The molecule has 9 heteroatoms. The summed E-state index contributed by atoms with van der Waals surface area (Å²) < 4.78 is 33.5. The van der Waals surface area contributed by atoms with Crippen molar-refractivity contribution < 1.29 is 33.3 Å². The summed E-state index contributed by atoms with van der Waals surface area (Å²) in [6, 6.07) is 6.76. The fourth-order valence-corrected chi connectivity index (χ4v) is 5.47. The second-order valence-electron chi connectivity index (χ2n) is 11.2. The average molecular weight is 575 g/mol. The number of aryl methyl sites for hydroxylation is 1. The Balaban J connectivity index is 1.80. The van der Waals surface area contributed by atoms with Gasteiger partial charge in [-0.1, -0.05) is 26.7 Å². The van der Waals surface area contributed by atoms with E-state index in [9.17, 15) is 28.6 Å². The summed E-state index contributed by atoms with van der Waals surface area (Å²) in [6.45, 7) is 7.30. The standard InChI is InChI=1S/C32H44F2N2O5/c1-4-10-36(11-5-2)32(40)25-13-21(3)12-24(17-25)31(39)35-28(16-23-14-26(33)18-27(34)15-23)30(38)29(37)20-41-19-22-8-6-7-9-22/h12-15,17-18,22,28-30,37-38H,4-11,16,19-20H2,1-3H3,(H,35,39)/t28-,29?,30+/m0/s1. The molecule has 3 rings (SSSR count). The van der Waals surface area contributed by atoms with Gasteiger partial charge in [0.2, 0.25) is 0 Å². The Morgan fingerprint density at radius 3 is 2.20 bits per heavy atom. The highest BCUT2D eigenvalue weighted by molar-refractivity contribution is 6.00. The van der Waals surface area contributed by atoms with Crippen LogP contribution in [0.15, 0.2) is 36.4 Å². The molecule has 1 aliphatic rings. The smallest absolute Gasteiger partial charge is 0.253 e. The molecular formula is C32H44F2N2O5. The number of carbonyl (C=O) groups is 2. The van der Waals surface area contributed by atoms with Gasteiger partial charge in [-0.25, -0.2) is 8.78 Å². The lowest BCUT2D eigenvalue weighted by atomic mass is 9.96. The Kier molecular flexibility index (Phi) is 12.7. The van der Waals surface area contributed by atoms with Crippen LogP contribution in [0.1, 0.15) is 84.2 Å². The predicted molar refractivity (Wildman–Crippen MR) is 154 cm³/mol. The van der Waals surface area contributed by atoms with Crippen molar-refractivity contribution in [1.29, 1.82) is 0 Å². The minimum absolute atomic E-state index is 0.139. The van der Waals surface area contributed by atoms with E-state index < -0.39 is 35.8 Å². The van der Waals surface area contributed by atoms with E-state index >= 15 is 0 Å². The minimum Gasteiger partial charge on any atom is -0.388 e. The zero-order chi connectivity index (χ0) is 29.9. The predicted octanol–water partition coefficient (Wildman–Crippen LogP) is 4.81. The van der Waals surface area contributed by atoms with Crippen molar-refractivity contribution in [1.82, 2.24) is 10.2 Å². The molecule has 226 valence electrons. The van der Waals surface area contributed by atoms with Crippen LogP contribution in [-0.4, -0.2) is 71.5 Å². The first kappa shape index (κ1) is 32.6. The van der Waals surface area contributed by atoms with E-state index in [2.05, 4.69) is 5.32 Å². The number of amides is 2. The number of carbonyl (C=O) groups excluding carboxylic acids is 2. The Morgan fingerprint density at radius 2 is 1.59 bits per heavy atom. The Morgan fingerprint density at radius 1 is 0.976 bits per heavy atom. The molecule has 0 bridgehead atoms. The van der Waals surface area contributed by atoms with Crippen LogP contribution in [0.3, 0.4) is 0 Å². The third-order valence-corrected chi connectivity index (χ3v) is 7.48. The number of benzene rings is 2. The lowest BCUT2D eigenvalue weighted by molar-refractivity contribution is -0.0557. The number of aliphatic hydroxyl groups excluding tert-OH is 2. The Hall–Kier alpha value is -2.88. The first-order valence-corrected chi connectivity index (χ1v) is 14.7. The second kappa shape index (κ2) is 15.9. The van der Waals surface area contributed by atoms with Crippen molar-refractivity contribution in [3.63, 3.8) is 0 Å². The third kappa shape index (κ3) is 9.87. The molecule has 41 heavy (non-hydrogen) atoms. The van der Waals surface area contributed by atoms with E-state index in [0.717, 1.165) is 56.7 Å². The molecule has 1 fully saturated rings. The zero-order valence-electron chi connectivity index (χ0n) is 24.4. The van der Waals surface area contributed by atoms with Crippen LogP contribution in [0.4, 0.5) is 8.78 Å². The monoisotopic (exact) mass is 574 g/mol. The second-order valence-corrected chi connectivity index (χ2v) is 11.2. The number of halogens is 2. The molecule has 2 aromatic rings.